The molecule has 3 aliphatic carbocycles. The maximum Gasteiger partial charge on any atom is 0.284 e. The number of rotatable bonds is 3. The Balaban J connectivity index is 1.35. The Bertz CT molecular complexity index is 723. The fourth-order valence-corrected chi connectivity index (χ4v) is 3.94. The molecular formula is C19H22N2O3. The Morgan fingerprint density at radius 2 is 2.12 bits per heavy atom. The molecule has 1 aromatic carbocycles. The van der Waals surface area contributed by atoms with Crippen LogP contribution in [-0.2, 0) is 4.79 Å². The minimum absolute atomic E-state index is 0.193. The van der Waals surface area contributed by atoms with Gasteiger partial charge in [0.15, 0.2) is 11.5 Å². The van der Waals surface area contributed by atoms with Crippen molar-refractivity contribution in [3.05, 3.63) is 35.9 Å². The summed E-state index contributed by atoms with van der Waals surface area (Å²) in [6.07, 6.45) is 5.69. The lowest BCUT2D eigenvalue weighted by atomic mass is 9.49. The number of nitrogens with zero attached hydrogens (tertiary/aromatic N) is 1. The van der Waals surface area contributed by atoms with Gasteiger partial charge in [0.2, 0.25) is 6.10 Å². The SMILES string of the molecule is CC1(C)C2CC=C(C=NNC(=O)C3COc4ccccc4O3)C1C2. The topological polar surface area (TPSA) is 59.9 Å². The van der Waals surface area contributed by atoms with Gasteiger partial charge in [-0.15, -0.1) is 0 Å². The third-order valence-electron chi connectivity index (χ3n) is 5.70. The van der Waals surface area contributed by atoms with E-state index in [1.807, 2.05) is 18.2 Å². The molecule has 5 rings (SSSR count). The van der Waals surface area contributed by atoms with E-state index in [1.54, 1.807) is 12.3 Å². The van der Waals surface area contributed by atoms with Gasteiger partial charge < -0.3 is 9.47 Å². The summed E-state index contributed by atoms with van der Waals surface area (Å²) in [5.74, 6) is 2.31. The molecule has 3 unspecified atom stereocenters. The van der Waals surface area contributed by atoms with Crippen molar-refractivity contribution in [2.24, 2.45) is 22.4 Å². The lowest BCUT2D eigenvalue weighted by molar-refractivity contribution is -0.130. The second-order valence-corrected chi connectivity index (χ2v) is 7.34. The highest BCUT2D eigenvalue weighted by Crippen LogP contribution is 2.58. The van der Waals surface area contributed by atoms with E-state index in [0.717, 1.165) is 12.3 Å². The van der Waals surface area contributed by atoms with Crippen LogP contribution in [0.5, 0.6) is 11.5 Å². The van der Waals surface area contributed by atoms with E-state index in [4.69, 9.17) is 9.47 Å². The van der Waals surface area contributed by atoms with Crippen LogP contribution in [0, 0.1) is 17.3 Å². The number of benzene rings is 1. The maximum absolute atomic E-state index is 12.2. The normalized spacial score (nSPS) is 29.6. The number of hydrazone groups is 1. The number of nitrogens with one attached hydrogen (secondary N) is 1. The number of allylic oxidation sites excluding steroid dienone is 2. The van der Waals surface area contributed by atoms with Crippen molar-refractivity contribution in [1.29, 1.82) is 0 Å². The zero-order chi connectivity index (χ0) is 16.7. The molecule has 0 aromatic heterocycles. The standard InChI is InChI=1S/C19H22N2O3/c1-19(2)13-8-7-12(14(19)9-13)10-20-21-18(22)17-11-23-15-5-3-4-6-16(15)24-17/h3-7,10,13-14,17H,8-9,11H2,1-2H3,(H,21,22). The molecule has 24 heavy (non-hydrogen) atoms. The molecule has 4 aliphatic rings. The van der Waals surface area contributed by atoms with Crippen LogP contribution in [0.4, 0.5) is 0 Å². The summed E-state index contributed by atoms with van der Waals surface area (Å²) in [5.41, 5.74) is 4.16. The van der Waals surface area contributed by atoms with Gasteiger partial charge in [0, 0.05) is 0 Å². The number of amides is 1. The molecule has 2 bridgehead atoms. The molecule has 0 radical (unpaired) electrons. The maximum atomic E-state index is 12.2. The first-order valence-corrected chi connectivity index (χ1v) is 8.47. The zero-order valence-electron chi connectivity index (χ0n) is 14.0. The van der Waals surface area contributed by atoms with E-state index in [1.165, 1.54) is 12.0 Å². The van der Waals surface area contributed by atoms with Crippen LogP contribution < -0.4 is 14.9 Å². The van der Waals surface area contributed by atoms with Crippen molar-refractivity contribution in [1.82, 2.24) is 5.43 Å². The van der Waals surface area contributed by atoms with Crippen LogP contribution in [0.25, 0.3) is 0 Å². The van der Waals surface area contributed by atoms with Crippen molar-refractivity contribution in [3.63, 3.8) is 0 Å². The number of fused-ring (bicyclic) bond motifs is 2. The third kappa shape index (κ3) is 2.48. The highest BCUT2D eigenvalue weighted by atomic mass is 16.6. The molecule has 5 nitrogen and oxygen atoms in total. The minimum Gasteiger partial charge on any atom is -0.485 e. The molecule has 5 heteroatoms. The number of carbonyl (C=O) groups is 1. The Labute approximate surface area is 141 Å². The summed E-state index contributed by atoms with van der Waals surface area (Å²) in [6.45, 7) is 4.82. The van der Waals surface area contributed by atoms with Crippen molar-refractivity contribution < 1.29 is 14.3 Å². The molecule has 3 atom stereocenters. The highest BCUT2D eigenvalue weighted by molar-refractivity contribution is 5.85. The van der Waals surface area contributed by atoms with Crippen LogP contribution in [0.1, 0.15) is 26.7 Å². The van der Waals surface area contributed by atoms with Gasteiger partial charge in [0.1, 0.15) is 6.61 Å². The van der Waals surface area contributed by atoms with Gasteiger partial charge in [-0.25, -0.2) is 5.43 Å². The highest BCUT2D eigenvalue weighted by Gasteiger charge is 2.50. The molecule has 0 saturated heterocycles. The van der Waals surface area contributed by atoms with E-state index in [9.17, 15) is 4.79 Å². The van der Waals surface area contributed by atoms with Gasteiger partial charge in [-0.05, 0) is 47.8 Å². The second-order valence-electron chi connectivity index (χ2n) is 7.34. The van der Waals surface area contributed by atoms with Crippen molar-refractivity contribution in [2.45, 2.75) is 32.8 Å². The summed E-state index contributed by atoms with van der Waals surface area (Å²) in [7, 11) is 0. The lowest BCUT2D eigenvalue weighted by Crippen LogP contribution is -2.48. The van der Waals surface area contributed by atoms with Crippen LogP contribution in [0.15, 0.2) is 41.0 Å². The first-order chi connectivity index (χ1) is 11.6. The van der Waals surface area contributed by atoms with Gasteiger partial charge in [-0.1, -0.05) is 32.1 Å². The van der Waals surface area contributed by atoms with E-state index in [0.29, 0.717) is 22.8 Å². The van der Waals surface area contributed by atoms with Gasteiger partial charge in [-0.2, -0.15) is 5.10 Å². The van der Waals surface area contributed by atoms with Gasteiger partial charge >= 0.3 is 0 Å². The number of hydrogen-bond acceptors (Lipinski definition) is 4. The molecule has 0 spiro atoms. The molecular weight excluding hydrogens is 304 g/mol. The average Bonchev–Trinajstić information content (AvgIpc) is 2.61. The summed E-state index contributed by atoms with van der Waals surface area (Å²) >= 11 is 0. The van der Waals surface area contributed by atoms with Crippen molar-refractivity contribution in [3.8, 4) is 11.5 Å². The van der Waals surface area contributed by atoms with Crippen LogP contribution in [-0.4, -0.2) is 24.8 Å². The summed E-state index contributed by atoms with van der Waals surface area (Å²) < 4.78 is 11.2. The smallest absolute Gasteiger partial charge is 0.284 e. The first kappa shape index (κ1) is 15.2. The number of carbonyl (C=O) groups excluding carboxylic acids is 1. The molecule has 1 aromatic rings. The second kappa shape index (κ2) is 5.65. The van der Waals surface area contributed by atoms with Crippen LogP contribution >= 0.6 is 0 Å². The quantitative estimate of drug-likeness (QED) is 0.686. The van der Waals surface area contributed by atoms with Crippen LogP contribution in [0.2, 0.25) is 0 Å². The summed E-state index contributed by atoms with van der Waals surface area (Å²) in [4.78, 5) is 12.2. The van der Waals surface area contributed by atoms with Gasteiger partial charge in [0.05, 0.1) is 6.21 Å². The molecule has 1 heterocycles. The monoisotopic (exact) mass is 326 g/mol. The van der Waals surface area contributed by atoms with Gasteiger partial charge in [-0.3, -0.25) is 4.79 Å². The number of para-hydroxylation sites is 2. The van der Waals surface area contributed by atoms with Crippen molar-refractivity contribution in [2.75, 3.05) is 6.61 Å². The zero-order valence-corrected chi connectivity index (χ0v) is 14.0. The number of ether oxygens (including phenoxy) is 2. The Morgan fingerprint density at radius 1 is 1.33 bits per heavy atom. The average molecular weight is 326 g/mol. The lowest BCUT2D eigenvalue weighted by Gasteiger charge is -2.55. The Hall–Kier alpha value is -2.30. The van der Waals surface area contributed by atoms with Gasteiger partial charge in [0.25, 0.3) is 5.91 Å². The molecule has 1 aliphatic heterocycles. The first-order valence-electron chi connectivity index (χ1n) is 8.47. The minimum atomic E-state index is -0.679. The van der Waals surface area contributed by atoms with E-state index < -0.39 is 6.10 Å². The fourth-order valence-electron chi connectivity index (χ4n) is 3.94. The van der Waals surface area contributed by atoms with E-state index in [2.05, 4.69) is 30.5 Å². The Morgan fingerprint density at radius 3 is 2.88 bits per heavy atom. The van der Waals surface area contributed by atoms with Crippen LogP contribution in [0.3, 0.4) is 0 Å². The number of hydrogen-bond donors (Lipinski definition) is 1. The predicted molar refractivity (Wildman–Crippen MR) is 91.1 cm³/mol. The summed E-state index contributed by atoms with van der Waals surface area (Å²) in [6, 6.07) is 7.34. The molecule has 1 amide bonds. The summed E-state index contributed by atoms with van der Waals surface area (Å²) in [5, 5.41) is 4.14. The third-order valence-corrected chi connectivity index (χ3v) is 5.70. The molecule has 126 valence electrons. The van der Waals surface area contributed by atoms with E-state index in [-0.39, 0.29) is 12.5 Å². The fraction of sp³-hybridized carbons (Fsp3) is 0.474. The Kier molecular flexibility index (Phi) is 3.59. The largest absolute Gasteiger partial charge is 0.485 e. The molecule has 1 saturated carbocycles. The predicted octanol–water partition coefficient (Wildman–Crippen LogP) is 2.92. The molecule has 1 fully saturated rings. The van der Waals surface area contributed by atoms with E-state index >= 15 is 0 Å². The van der Waals surface area contributed by atoms with Crippen molar-refractivity contribution >= 4 is 12.1 Å². The molecule has 1 N–H and O–H groups in total.